The lowest BCUT2D eigenvalue weighted by Crippen LogP contribution is -2.19. The minimum Gasteiger partial charge on any atom is -0.463 e. The summed E-state index contributed by atoms with van der Waals surface area (Å²) in [5, 5.41) is 0. The molecule has 0 aliphatic carbocycles. The molecule has 0 amide bonds. The molecule has 4 rings (SSSR count). The van der Waals surface area contributed by atoms with Crippen LogP contribution >= 0.6 is 0 Å². The van der Waals surface area contributed by atoms with Crippen LogP contribution in [0, 0.1) is 27.7 Å². The maximum atomic E-state index is 6.15. The molecule has 2 heterocycles. The normalized spacial score (nSPS) is 13.2. The average Bonchev–Trinajstić information content (AvgIpc) is 2.93. The second-order valence-corrected chi connectivity index (χ2v) is 8.62. The van der Waals surface area contributed by atoms with Crippen LogP contribution in [-0.4, -0.2) is 0 Å². The molecule has 0 saturated heterocycles. The van der Waals surface area contributed by atoms with Gasteiger partial charge in [-0.2, -0.15) is 0 Å². The third-order valence-electron chi connectivity index (χ3n) is 5.29. The van der Waals surface area contributed by atoms with Crippen LogP contribution in [0.15, 0.2) is 41.0 Å². The summed E-state index contributed by atoms with van der Waals surface area (Å²) in [4.78, 5) is 2.30. The molecule has 0 radical (unpaired) electrons. The lowest BCUT2D eigenvalue weighted by atomic mass is 9.84. The summed E-state index contributed by atoms with van der Waals surface area (Å²) < 4.78 is 11.9. The van der Waals surface area contributed by atoms with Gasteiger partial charge in [-0.25, -0.2) is 0 Å². The number of hydrogen-bond acceptors (Lipinski definition) is 3. The number of benzene rings is 2. The fourth-order valence-electron chi connectivity index (χ4n) is 3.87. The van der Waals surface area contributed by atoms with Gasteiger partial charge in [-0.05, 0) is 67.5 Å². The maximum absolute atomic E-state index is 6.15. The molecule has 0 spiro atoms. The Morgan fingerprint density at radius 2 is 1.48 bits per heavy atom. The van der Waals surface area contributed by atoms with Crippen LogP contribution in [0.3, 0.4) is 0 Å². The zero-order chi connectivity index (χ0) is 19.5. The Kier molecular flexibility index (Phi) is 3.88. The van der Waals surface area contributed by atoms with Crippen LogP contribution in [0.1, 0.15) is 48.8 Å². The fraction of sp³-hybridized carbons (Fsp3) is 0.333. The number of rotatable bonds is 1. The zero-order valence-corrected chi connectivity index (χ0v) is 17.2. The number of fused-ring (bicyclic) bond motifs is 2. The molecule has 140 valence electrons. The fourth-order valence-corrected chi connectivity index (χ4v) is 3.87. The van der Waals surface area contributed by atoms with Crippen LogP contribution in [0.25, 0.3) is 0 Å². The topological polar surface area (TPSA) is 25.6 Å². The highest BCUT2D eigenvalue weighted by Gasteiger charge is 2.32. The first-order valence-corrected chi connectivity index (χ1v) is 9.45. The van der Waals surface area contributed by atoms with E-state index in [1.165, 1.54) is 27.9 Å². The van der Waals surface area contributed by atoms with Gasteiger partial charge in [0.1, 0.15) is 17.7 Å². The minimum absolute atomic E-state index is 0.116. The Morgan fingerprint density at radius 3 is 2.11 bits per heavy atom. The van der Waals surface area contributed by atoms with Gasteiger partial charge in [0, 0.05) is 0 Å². The number of furan rings is 1. The highest BCUT2D eigenvalue weighted by molar-refractivity contribution is 5.89. The molecule has 0 bridgehead atoms. The summed E-state index contributed by atoms with van der Waals surface area (Å²) in [6, 6.07) is 11.0. The van der Waals surface area contributed by atoms with Crippen molar-refractivity contribution in [2.24, 2.45) is 0 Å². The van der Waals surface area contributed by atoms with E-state index in [2.05, 4.69) is 76.8 Å². The molecule has 1 aliphatic rings. The smallest absolute Gasteiger partial charge is 0.189 e. The van der Waals surface area contributed by atoms with E-state index in [1.807, 2.05) is 6.92 Å². The molecule has 1 aliphatic heterocycles. The first-order chi connectivity index (χ1) is 12.7. The number of hydrogen-bond donors (Lipinski definition) is 0. The van der Waals surface area contributed by atoms with E-state index in [-0.39, 0.29) is 5.41 Å². The van der Waals surface area contributed by atoms with Gasteiger partial charge in [0.05, 0.1) is 11.4 Å². The molecule has 0 saturated carbocycles. The van der Waals surface area contributed by atoms with E-state index in [1.54, 1.807) is 6.26 Å². The molecular formula is C24H27NO2. The summed E-state index contributed by atoms with van der Waals surface area (Å²) >= 11 is 0. The van der Waals surface area contributed by atoms with Crippen LogP contribution in [0.4, 0.5) is 17.1 Å². The second kappa shape index (κ2) is 5.91. The summed E-state index contributed by atoms with van der Waals surface area (Å²) in [5.74, 6) is 2.49. The Morgan fingerprint density at radius 1 is 0.815 bits per heavy atom. The number of nitrogens with zero attached hydrogens (tertiary/aromatic N) is 1. The van der Waals surface area contributed by atoms with Gasteiger partial charge >= 0.3 is 0 Å². The molecule has 0 unspecified atom stereocenters. The summed E-state index contributed by atoms with van der Waals surface area (Å²) in [6.45, 7) is 15.2. The molecular weight excluding hydrogens is 334 g/mol. The zero-order valence-electron chi connectivity index (χ0n) is 17.2. The first kappa shape index (κ1) is 17.7. The van der Waals surface area contributed by atoms with Gasteiger partial charge in [-0.1, -0.05) is 39.0 Å². The molecule has 3 aromatic rings. The highest BCUT2D eigenvalue weighted by Crippen LogP contribution is 2.54. The maximum Gasteiger partial charge on any atom is 0.189 e. The Labute approximate surface area is 161 Å². The largest absolute Gasteiger partial charge is 0.463 e. The van der Waals surface area contributed by atoms with E-state index in [0.29, 0.717) is 0 Å². The quantitative estimate of drug-likeness (QED) is 0.353. The van der Waals surface area contributed by atoms with Crippen LogP contribution in [-0.2, 0) is 5.41 Å². The first-order valence-electron chi connectivity index (χ1n) is 9.45. The molecule has 0 fully saturated rings. The third kappa shape index (κ3) is 2.82. The predicted octanol–water partition coefficient (Wildman–Crippen LogP) is 7.39. The Bertz CT molecular complexity index is 1010. The van der Waals surface area contributed by atoms with E-state index >= 15 is 0 Å². The number of anilines is 3. The van der Waals surface area contributed by atoms with Crippen molar-refractivity contribution >= 4 is 17.1 Å². The Balaban J connectivity index is 1.99. The van der Waals surface area contributed by atoms with Gasteiger partial charge in [0.15, 0.2) is 11.5 Å². The molecule has 3 heteroatoms. The standard InChI is InChI=1S/C24H27NO2/c1-14-8-9-19-20(10-14)27-21-13-26-17(4)23(21)25(19)22-15(2)11-18(12-16(22)3)24(5,6)7/h8-13H,1-7H3. The lowest BCUT2D eigenvalue weighted by molar-refractivity contribution is 0.460. The predicted molar refractivity (Wildman–Crippen MR) is 111 cm³/mol. The number of aryl methyl sites for hydroxylation is 4. The van der Waals surface area contributed by atoms with Gasteiger partial charge in [0.25, 0.3) is 0 Å². The molecule has 0 N–H and O–H groups in total. The molecule has 1 aromatic heterocycles. The van der Waals surface area contributed by atoms with Crippen molar-refractivity contribution in [2.75, 3.05) is 4.90 Å². The Hall–Kier alpha value is -2.68. The van der Waals surface area contributed by atoms with E-state index < -0.39 is 0 Å². The van der Waals surface area contributed by atoms with Crippen molar-refractivity contribution < 1.29 is 9.15 Å². The SMILES string of the molecule is Cc1ccc2c(c1)Oc1coc(C)c1N2c1c(C)cc(C(C)(C)C)cc1C. The molecule has 27 heavy (non-hydrogen) atoms. The second-order valence-electron chi connectivity index (χ2n) is 8.62. The van der Waals surface area contributed by atoms with Crippen molar-refractivity contribution in [3.63, 3.8) is 0 Å². The van der Waals surface area contributed by atoms with Gasteiger partial charge in [-0.3, -0.25) is 0 Å². The minimum atomic E-state index is 0.116. The van der Waals surface area contributed by atoms with Crippen LogP contribution < -0.4 is 9.64 Å². The van der Waals surface area contributed by atoms with Crippen molar-refractivity contribution in [3.05, 3.63) is 64.6 Å². The average molecular weight is 361 g/mol. The third-order valence-corrected chi connectivity index (χ3v) is 5.29. The molecule has 2 aromatic carbocycles. The summed E-state index contributed by atoms with van der Waals surface area (Å²) in [5.41, 5.74) is 8.37. The lowest BCUT2D eigenvalue weighted by Gasteiger charge is -2.34. The van der Waals surface area contributed by atoms with Crippen molar-refractivity contribution in [3.8, 4) is 11.5 Å². The van der Waals surface area contributed by atoms with Crippen molar-refractivity contribution in [2.45, 2.75) is 53.9 Å². The van der Waals surface area contributed by atoms with Gasteiger partial charge < -0.3 is 14.1 Å². The van der Waals surface area contributed by atoms with Crippen LogP contribution in [0.5, 0.6) is 11.5 Å². The van der Waals surface area contributed by atoms with Crippen molar-refractivity contribution in [1.29, 1.82) is 0 Å². The highest BCUT2D eigenvalue weighted by atomic mass is 16.5. The molecule has 0 atom stereocenters. The summed E-state index contributed by atoms with van der Waals surface area (Å²) in [6.07, 6.45) is 1.71. The van der Waals surface area contributed by atoms with E-state index in [0.717, 1.165) is 28.6 Å². The number of ether oxygens (including phenoxy) is 1. The molecule has 3 nitrogen and oxygen atoms in total. The summed E-state index contributed by atoms with van der Waals surface area (Å²) in [7, 11) is 0. The van der Waals surface area contributed by atoms with Gasteiger partial charge in [0.2, 0.25) is 0 Å². The van der Waals surface area contributed by atoms with Crippen LogP contribution in [0.2, 0.25) is 0 Å². The van der Waals surface area contributed by atoms with Gasteiger partial charge in [-0.15, -0.1) is 0 Å². The monoisotopic (exact) mass is 361 g/mol. The van der Waals surface area contributed by atoms with E-state index in [9.17, 15) is 0 Å². The van der Waals surface area contributed by atoms with E-state index in [4.69, 9.17) is 9.15 Å². The van der Waals surface area contributed by atoms with Crippen molar-refractivity contribution in [1.82, 2.24) is 0 Å².